The van der Waals surface area contributed by atoms with Gasteiger partial charge in [0.2, 0.25) is 0 Å². The highest BCUT2D eigenvalue weighted by atomic mass is 35.5. The monoisotopic (exact) mass is 290 g/mol. The van der Waals surface area contributed by atoms with Gasteiger partial charge in [-0.25, -0.2) is 0 Å². The van der Waals surface area contributed by atoms with E-state index < -0.39 is 6.10 Å². The van der Waals surface area contributed by atoms with Gasteiger partial charge >= 0.3 is 0 Å². The predicted octanol–water partition coefficient (Wildman–Crippen LogP) is 3.54. The molecule has 0 fully saturated rings. The molecule has 20 heavy (non-hydrogen) atoms. The van der Waals surface area contributed by atoms with Crippen LogP contribution in [0.3, 0.4) is 0 Å². The summed E-state index contributed by atoms with van der Waals surface area (Å²) in [7, 11) is 0. The Hall–Kier alpha value is -1.97. The van der Waals surface area contributed by atoms with Gasteiger partial charge in [-0.2, -0.15) is 0 Å². The van der Waals surface area contributed by atoms with Crippen molar-refractivity contribution in [2.24, 2.45) is 0 Å². The highest BCUT2D eigenvalue weighted by Crippen LogP contribution is 2.22. The minimum Gasteiger partial charge on any atom is -0.508 e. The van der Waals surface area contributed by atoms with Crippen LogP contribution in [0.5, 0.6) is 11.5 Å². The zero-order valence-electron chi connectivity index (χ0n) is 10.7. The topological polar surface area (TPSA) is 60.7 Å². The lowest BCUT2D eigenvalue weighted by Crippen LogP contribution is -1.97. The van der Waals surface area contributed by atoms with Crippen molar-refractivity contribution in [1.29, 1.82) is 0 Å². The minimum absolute atomic E-state index is 0.0187. The second kappa shape index (κ2) is 6.46. The summed E-state index contributed by atoms with van der Waals surface area (Å²) in [5, 5.41) is 28.3. The molecular formula is C16H15ClO3. The average Bonchev–Trinajstić information content (AvgIpc) is 2.44. The molecule has 0 saturated heterocycles. The average molecular weight is 291 g/mol. The van der Waals surface area contributed by atoms with Crippen LogP contribution in [-0.2, 0) is 0 Å². The van der Waals surface area contributed by atoms with Crippen molar-refractivity contribution in [3.8, 4) is 11.5 Å². The van der Waals surface area contributed by atoms with E-state index in [-0.39, 0.29) is 17.4 Å². The zero-order valence-corrected chi connectivity index (χ0v) is 11.5. The van der Waals surface area contributed by atoms with Crippen LogP contribution in [0.15, 0.2) is 42.5 Å². The molecule has 1 atom stereocenters. The van der Waals surface area contributed by atoms with Crippen LogP contribution in [-0.4, -0.2) is 21.2 Å². The van der Waals surface area contributed by atoms with E-state index in [2.05, 4.69) is 0 Å². The van der Waals surface area contributed by atoms with Gasteiger partial charge in [0.1, 0.15) is 11.5 Å². The first-order valence-corrected chi connectivity index (χ1v) is 6.67. The second-order valence-electron chi connectivity index (χ2n) is 4.45. The molecule has 4 heteroatoms. The molecule has 104 valence electrons. The smallest absolute Gasteiger partial charge is 0.119 e. The van der Waals surface area contributed by atoms with Gasteiger partial charge in [0.25, 0.3) is 0 Å². The van der Waals surface area contributed by atoms with E-state index in [0.717, 1.165) is 11.1 Å². The number of phenols is 2. The Morgan fingerprint density at radius 3 is 2.00 bits per heavy atom. The molecule has 0 amide bonds. The number of aliphatic hydroxyl groups excluding tert-OH is 1. The van der Waals surface area contributed by atoms with Gasteiger partial charge < -0.3 is 15.3 Å². The fraction of sp³-hybridized carbons (Fsp3) is 0.125. The molecule has 2 aromatic rings. The SMILES string of the molecule is Oc1cc(O)cc(/C=C/c2ccc(C(O)CCl)cc2)c1. The van der Waals surface area contributed by atoms with Crippen molar-refractivity contribution in [2.75, 3.05) is 5.88 Å². The number of hydrogen-bond donors (Lipinski definition) is 3. The molecule has 0 aliphatic carbocycles. The summed E-state index contributed by atoms with van der Waals surface area (Å²) >= 11 is 5.59. The first kappa shape index (κ1) is 14.4. The van der Waals surface area contributed by atoms with Crippen molar-refractivity contribution < 1.29 is 15.3 Å². The van der Waals surface area contributed by atoms with Crippen molar-refractivity contribution in [3.63, 3.8) is 0 Å². The molecule has 0 radical (unpaired) electrons. The lowest BCUT2D eigenvalue weighted by molar-refractivity contribution is 0.202. The number of phenolic OH excluding ortho intramolecular Hbond substituents is 2. The van der Waals surface area contributed by atoms with Gasteiger partial charge in [-0.15, -0.1) is 11.6 Å². The van der Waals surface area contributed by atoms with Crippen molar-refractivity contribution in [1.82, 2.24) is 0 Å². The maximum Gasteiger partial charge on any atom is 0.119 e. The summed E-state index contributed by atoms with van der Waals surface area (Å²) < 4.78 is 0. The number of hydrogen-bond acceptors (Lipinski definition) is 3. The van der Waals surface area contributed by atoms with Crippen molar-refractivity contribution in [3.05, 3.63) is 59.2 Å². The summed E-state index contributed by atoms with van der Waals surface area (Å²) in [5.41, 5.74) is 2.41. The lowest BCUT2D eigenvalue weighted by Gasteiger charge is -2.06. The Labute approximate surface area is 122 Å². The van der Waals surface area contributed by atoms with Crippen LogP contribution in [0, 0.1) is 0 Å². The molecule has 0 saturated carbocycles. The Bertz CT molecular complexity index is 585. The molecule has 3 N–H and O–H groups in total. The van der Waals surface area contributed by atoms with Gasteiger partial charge in [0, 0.05) is 6.07 Å². The maximum absolute atomic E-state index is 9.58. The van der Waals surface area contributed by atoms with Crippen LogP contribution >= 0.6 is 11.6 Å². The molecular weight excluding hydrogens is 276 g/mol. The summed E-state index contributed by atoms with van der Waals surface area (Å²) in [4.78, 5) is 0. The van der Waals surface area contributed by atoms with Crippen LogP contribution in [0.1, 0.15) is 22.8 Å². The first-order valence-electron chi connectivity index (χ1n) is 6.13. The highest BCUT2D eigenvalue weighted by Gasteiger charge is 2.04. The normalized spacial score (nSPS) is 12.7. The van der Waals surface area contributed by atoms with E-state index in [1.165, 1.54) is 6.07 Å². The minimum atomic E-state index is -0.655. The lowest BCUT2D eigenvalue weighted by atomic mass is 10.1. The Balaban J connectivity index is 2.15. The summed E-state index contributed by atoms with van der Waals surface area (Å²) in [5.74, 6) is 0.202. The second-order valence-corrected chi connectivity index (χ2v) is 4.76. The summed E-state index contributed by atoms with van der Waals surface area (Å²) in [6.45, 7) is 0. The molecule has 0 spiro atoms. The number of benzene rings is 2. The Kier molecular flexibility index (Phi) is 4.66. The summed E-state index contributed by atoms with van der Waals surface area (Å²) in [6.07, 6.45) is 2.98. The molecule has 0 aromatic heterocycles. The quantitative estimate of drug-likeness (QED) is 0.596. The molecule has 1 unspecified atom stereocenters. The molecule has 0 heterocycles. The molecule has 0 bridgehead atoms. The van der Waals surface area contributed by atoms with Gasteiger partial charge in [0.05, 0.1) is 12.0 Å². The van der Waals surface area contributed by atoms with E-state index in [1.807, 2.05) is 30.3 Å². The van der Waals surface area contributed by atoms with Crippen molar-refractivity contribution in [2.45, 2.75) is 6.10 Å². The van der Waals surface area contributed by atoms with E-state index >= 15 is 0 Å². The van der Waals surface area contributed by atoms with E-state index in [4.69, 9.17) is 11.6 Å². The van der Waals surface area contributed by atoms with Crippen LogP contribution in [0.4, 0.5) is 0 Å². The Morgan fingerprint density at radius 2 is 1.45 bits per heavy atom. The molecule has 3 nitrogen and oxygen atoms in total. The number of alkyl halides is 1. The van der Waals surface area contributed by atoms with E-state index in [1.54, 1.807) is 18.2 Å². The zero-order chi connectivity index (χ0) is 14.5. The third kappa shape index (κ3) is 3.76. The maximum atomic E-state index is 9.58. The molecule has 0 aliphatic rings. The first-order chi connectivity index (χ1) is 9.58. The van der Waals surface area contributed by atoms with Crippen LogP contribution in [0.2, 0.25) is 0 Å². The van der Waals surface area contributed by atoms with E-state index in [9.17, 15) is 15.3 Å². The highest BCUT2D eigenvalue weighted by molar-refractivity contribution is 6.18. The third-order valence-corrected chi connectivity index (χ3v) is 3.15. The van der Waals surface area contributed by atoms with Gasteiger partial charge in [-0.1, -0.05) is 36.4 Å². The fourth-order valence-electron chi connectivity index (χ4n) is 1.83. The number of halogens is 1. The Morgan fingerprint density at radius 1 is 0.900 bits per heavy atom. The van der Waals surface area contributed by atoms with Gasteiger partial charge in [0.15, 0.2) is 0 Å². The number of rotatable bonds is 4. The largest absolute Gasteiger partial charge is 0.508 e. The predicted molar refractivity (Wildman–Crippen MR) is 80.8 cm³/mol. The van der Waals surface area contributed by atoms with Crippen LogP contribution in [0.25, 0.3) is 12.2 Å². The van der Waals surface area contributed by atoms with Crippen molar-refractivity contribution >= 4 is 23.8 Å². The molecule has 2 aromatic carbocycles. The number of aliphatic hydroxyl groups is 1. The molecule has 0 aliphatic heterocycles. The molecule has 2 rings (SSSR count). The summed E-state index contributed by atoms with van der Waals surface area (Å²) in [6, 6.07) is 11.7. The third-order valence-electron chi connectivity index (χ3n) is 2.86. The number of aromatic hydroxyl groups is 2. The standard InChI is InChI=1S/C16H15ClO3/c17-10-16(20)13-5-3-11(4-6-13)1-2-12-7-14(18)9-15(19)8-12/h1-9,16,18-20H,10H2/b2-1+. The fourth-order valence-corrected chi connectivity index (χ4v) is 2.00. The van der Waals surface area contributed by atoms with E-state index in [0.29, 0.717) is 5.56 Å². The van der Waals surface area contributed by atoms with Crippen LogP contribution < -0.4 is 0 Å². The van der Waals surface area contributed by atoms with Gasteiger partial charge in [-0.3, -0.25) is 0 Å². The van der Waals surface area contributed by atoms with Gasteiger partial charge in [-0.05, 0) is 28.8 Å².